The summed E-state index contributed by atoms with van der Waals surface area (Å²) in [5, 5.41) is 4.85. The Balaban J connectivity index is 1.59. The summed E-state index contributed by atoms with van der Waals surface area (Å²) in [5.74, 6) is -0.409. The summed E-state index contributed by atoms with van der Waals surface area (Å²) in [5.41, 5.74) is 0.923. The number of piperazine rings is 1. The summed E-state index contributed by atoms with van der Waals surface area (Å²) in [6, 6.07) is 8.74. The Morgan fingerprint density at radius 2 is 1.62 bits per heavy atom. The van der Waals surface area contributed by atoms with Crippen molar-refractivity contribution in [2.24, 2.45) is 0 Å². The molecule has 0 unspecified atom stereocenters. The topological polar surface area (TPSA) is 64.7 Å². The second-order valence-corrected chi connectivity index (χ2v) is 6.20. The summed E-state index contributed by atoms with van der Waals surface area (Å²) >= 11 is 0. The number of nitrogens with one attached hydrogen (secondary N) is 2. The van der Waals surface area contributed by atoms with Gasteiger partial charge in [0, 0.05) is 45.7 Å². The third kappa shape index (κ3) is 7.83. The Bertz CT molecular complexity index is 587. The fraction of sp³-hybridized carbons (Fsp3) is 0.529. The Morgan fingerprint density at radius 1 is 1.00 bits per heavy atom. The van der Waals surface area contributed by atoms with E-state index in [4.69, 9.17) is 0 Å². The van der Waals surface area contributed by atoms with E-state index < -0.39 is 24.7 Å². The maximum Gasteiger partial charge on any atom is 0.401 e. The van der Waals surface area contributed by atoms with Gasteiger partial charge < -0.3 is 10.2 Å². The van der Waals surface area contributed by atoms with Gasteiger partial charge in [0.1, 0.15) is 0 Å². The van der Waals surface area contributed by atoms with E-state index in [1.54, 1.807) is 0 Å². The van der Waals surface area contributed by atoms with Crippen LogP contribution in [0.3, 0.4) is 0 Å². The molecule has 1 aliphatic rings. The Hall–Kier alpha value is -2.13. The predicted molar refractivity (Wildman–Crippen MR) is 90.4 cm³/mol. The van der Waals surface area contributed by atoms with Gasteiger partial charge in [0.2, 0.25) is 5.91 Å². The number of hydrogen-bond acceptors (Lipinski definition) is 4. The highest BCUT2D eigenvalue weighted by atomic mass is 19.4. The molecule has 144 valence electrons. The van der Waals surface area contributed by atoms with Crippen LogP contribution in [0.15, 0.2) is 30.3 Å². The number of carbonyl (C=O) groups excluding carboxylic acids is 2. The fourth-order valence-corrected chi connectivity index (χ4v) is 2.70. The zero-order valence-corrected chi connectivity index (χ0v) is 14.4. The minimum Gasteiger partial charge on any atom is -0.334 e. The Morgan fingerprint density at radius 3 is 2.23 bits per heavy atom. The Labute approximate surface area is 150 Å². The molecular weight excluding hydrogens is 349 g/mol. The van der Waals surface area contributed by atoms with E-state index in [1.165, 1.54) is 4.90 Å². The zero-order chi connectivity index (χ0) is 19.0. The highest BCUT2D eigenvalue weighted by Crippen LogP contribution is 2.17. The Kier molecular flexibility index (Phi) is 7.40. The summed E-state index contributed by atoms with van der Waals surface area (Å²) in [4.78, 5) is 26.8. The van der Waals surface area contributed by atoms with E-state index in [2.05, 4.69) is 10.6 Å². The predicted octanol–water partition coefficient (Wildman–Crippen LogP) is 1.58. The molecule has 0 spiro atoms. The number of carbonyl (C=O) groups is 2. The van der Waals surface area contributed by atoms with Crippen molar-refractivity contribution in [3.05, 3.63) is 35.9 Å². The van der Waals surface area contributed by atoms with Crippen molar-refractivity contribution in [1.29, 1.82) is 0 Å². The largest absolute Gasteiger partial charge is 0.401 e. The minimum atomic E-state index is -4.19. The molecule has 0 radical (unpaired) electrons. The fourth-order valence-electron chi connectivity index (χ4n) is 2.70. The van der Waals surface area contributed by atoms with E-state index in [1.807, 2.05) is 35.2 Å². The molecule has 0 aliphatic carbocycles. The second kappa shape index (κ2) is 9.54. The third-order valence-electron chi connectivity index (χ3n) is 4.07. The number of hydrogen-bond donors (Lipinski definition) is 2. The van der Waals surface area contributed by atoms with Crippen molar-refractivity contribution in [3.8, 4) is 0 Å². The van der Waals surface area contributed by atoms with E-state index in [0.717, 1.165) is 5.56 Å². The van der Waals surface area contributed by atoms with Crippen LogP contribution < -0.4 is 10.6 Å². The molecule has 0 atom stereocenters. The number of amides is 3. The molecule has 1 aliphatic heterocycles. The highest BCUT2D eigenvalue weighted by molar-refractivity contribution is 5.94. The summed E-state index contributed by atoms with van der Waals surface area (Å²) in [7, 11) is 0. The molecule has 1 aromatic carbocycles. The molecule has 9 heteroatoms. The minimum absolute atomic E-state index is 0.123. The van der Waals surface area contributed by atoms with Crippen molar-refractivity contribution in [2.75, 3.05) is 39.3 Å². The first-order valence-electron chi connectivity index (χ1n) is 8.45. The molecule has 1 heterocycles. The first-order valence-corrected chi connectivity index (χ1v) is 8.45. The molecule has 6 nitrogen and oxygen atoms in total. The average molecular weight is 372 g/mol. The van der Waals surface area contributed by atoms with Crippen LogP contribution in [-0.2, 0) is 11.3 Å². The monoisotopic (exact) mass is 372 g/mol. The van der Waals surface area contributed by atoms with Crippen molar-refractivity contribution >= 4 is 11.9 Å². The lowest BCUT2D eigenvalue weighted by molar-refractivity contribution is -0.149. The van der Waals surface area contributed by atoms with Crippen LogP contribution in [0, 0.1) is 0 Å². The molecule has 1 aromatic rings. The summed E-state index contributed by atoms with van der Waals surface area (Å²) in [6.07, 6.45) is -4.06. The van der Waals surface area contributed by atoms with Crippen molar-refractivity contribution in [1.82, 2.24) is 20.4 Å². The van der Waals surface area contributed by atoms with Crippen LogP contribution in [0.1, 0.15) is 12.0 Å². The first-order chi connectivity index (χ1) is 12.3. The van der Waals surface area contributed by atoms with Crippen LogP contribution in [0.5, 0.6) is 0 Å². The normalized spacial score (nSPS) is 16.3. The molecule has 0 aromatic heterocycles. The lowest BCUT2D eigenvalue weighted by Crippen LogP contribution is -2.50. The van der Waals surface area contributed by atoms with Gasteiger partial charge in [0.05, 0.1) is 6.54 Å². The van der Waals surface area contributed by atoms with Crippen LogP contribution in [0.2, 0.25) is 0 Å². The van der Waals surface area contributed by atoms with Crippen molar-refractivity contribution < 1.29 is 22.8 Å². The summed E-state index contributed by atoms with van der Waals surface area (Å²) in [6.45, 7) is 1.42. The SMILES string of the molecule is O=C(CCN1CCN(CC(F)(F)F)CC1)NC(=O)NCc1ccccc1. The van der Waals surface area contributed by atoms with Crippen LogP contribution in [0.4, 0.5) is 18.0 Å². The van der Waals surface area contributed by atoms with Gasteiger partial charge >= 0.3 is 12.2 Å². The number of alkyl halides is 3. The van der Waals surface area contributed by atoms with E-state index in [0.29, 0.717) is 39.3 Å². The molecule has 0 saturated carbocycles. The number of imide groups is 1. The van der Waals surface area contributed by atoms with Gasteiger partial charge in [0.15, 0.2) is 0 Å². The standard InChI is InChI=1S/C17H23F3N4O2/c18-17(19,20)13-24-10-8-23(9-11-24)7-6-15(25)22-16(26)21-12-14-4-2-1-3-5-14/h1-5H,6-13H2,(H2,21,22,25,26). The van der Waals surface area contributed by atoms with Gasteiger partial charge in [-0.2, -0.15) is 13.2 Å². The highest BCUT2D eigenvalue weighted by Gasteiger charge is 2.32. The van der Waals surface area contributed by atoms with Gasteiger partial charge in [-0.3, -0.25) is 15.0 Å². The molecule has 26 heavy (non-hydrogen) atoms. The molecule has 3 amide bonds. The zero-order valence-electron chi connectivity index (χ0n) is 14.4. The van der Waals surface area contributed by atoms with E-state index in [-0.39, 0.29) is 6.42 Å². The lowest BCUT2D eigenvalue weighted by Gasteiger charge is -2.34. The second-order valence-electron chi connectivity index (χ2n) is 6.20. The first kappa shape index (κ1) is 20.2. The van der Waals surface area contributed by atoms with Gasteiger partial charge in [-0.15, -0.1) is 0 Å². The number of halogens is 3. The molecule has 2 rings (SSSR count). The number of urea groups is 1. The average Bonchev–Trinajstić information content (AvgIpc) is 2.59. The summed E-state index contributed by atoms with van der Waals surface area (Å²) < 4.78 is 37.0. The number of nitrogens with zero attached hydrogens (tertiary/aromatic N) is 2. The molecular formula is C17H23F3N4O2. The van der Waals surface area contributed by atoms with Gasteiger partial charge in [-0.25, -0.2) is 4.79 Å². The smallest absolute Gasteiger partial charge is 0.334 e. The molecule has 1 fully saturated rings. The van der Waals surface area contributed by atoms with Crippen LogP contribution in [-0.4, -0.2) is 67.2 Å². The molecule has 2 N–H and O–H groups in total. The molecule has 1 saturated heterocycles. The molecule has 0 bridgehead atoms. The van der Waals surface area contributed by atoms with E-state index in [9.17, 15) is 22.8 Å². The van der Waals surface area contributed by atoms with Gasteiger partial charge in [-0.1, -0.05) is 30.3 Å². The van der Waals surface area contributed by atoms with Crippen LogP contribution >= 0.6 is 0 Å². The quantitative estimate of drug-likeness (QED) is 0.796. The number of benzene rings is 1. The van der Waals surface area contributed by atoms with E-state index >= 15 is 0 Å². The lowest BCUT2D eigenvalue weighted by atomic mass is 10.2. The maximum absolute atomic E-state index is 12.3. The maximum atomic E-state index is 12.3. The van der Waals surface area contributed by atoms with Crippen molar-refractivity contribution in [2.45, 2.75) is 19.1 Å². The van der Waals surface area contributed by atoms with Gasteiger partial charge in [0.25, 0.3) is 0 Å². The van der Waals surface area contributed by atoms with Crippen LogP contribution in [0.25, 0.3) is 0 Å². The van der Waals surface area contributed by atoms with Gasteiger partial charge in [-0.05, 0) is 5.56 Å². The van der Waals surface area contributed by atoms with Crippen molar-refractivity contribution in [3.63, 3.8) is 0 Å². The third-order valence-corrected chi connectivity index (χ3v) is 4.07. The number of rotatable bonds is 6.